The second kappa shape index (κ2) is 4.29. The number of aromatic nitrogens is 1. The lowest BCUT2D eigenvalue weighted by Gasteiger charge is -2.05. The van der Waals surface area contributed by atoms with Crippen LogP contribution in [0.5, 0.6) is 0 Å². The van der Waals surface area contributed by atoms with E-state index in [1.54, 1.807) is 12.1 Å². The van der Waals surface area contributed by atoms with Gasteiger partial charge in [-0.2, -0.15) is 0 Å². The molecule has 0 fully saturated rings. The third-order valence-corrected chi connectivity index (χ3v) is 2.25. The molecule has 0 aliphatic rings. The molecule has 0 saturated heterocycles. The predicted molar refractivity (Wildman–Crippen MR) is 56.5 cm³/mol. The lowest BCUT2D eigenvalue weighted by molar-refractivity contribution is 0.0686. The first-order valence-corrected chi connectivity index (χ1v) is 4.74. The highest BCUT2D eigenvalue weighted by molar-refractivity contribution is 5.90. The van der Waals surface area contributed by atoms with Gasteiger partial charge in [0, 0.05) is 11.8 Å². The van der Waals surface area contributed by atoms with Crippen molar-refractivity contribution in [2.75, 3.05) is 0 Å². The molecule has 17 heavy (non-hydrogen) atoms. The molecule has 0 unspecified atom stereocenters. The van der Waals surface area contributed by atoms with E-state index in [1.165, 1.54) is 18.3 Å². The molecule has 3 nitrogen and oxygen atoms in total. The molecule has 0 amide bonds. The Labute approximate surface area is 95.4 Å². The van der Waals surface area contributed by atoms with Crippen molar-refractivity contribution in [1.29, 1.82) is 0 Å². The molecular formula is C12H7F2NO2. The number of hydrogen-bond acceptors (Lipinski definition) is 2. The third-order valence-electron chi connectivity index (χ3n) is 2.25. The molecule has 0 radical (unpaired) electrons. The highest BCUT2D eigenvalue weighted by atomic mass is 19.1. The van der Waals surface area contributed by atoms with E-state index in [-0.39, 0.29) is 11.3 Å². The molecule has 1 heterocycles. The SMILES string of the molecule is O=C(O)c1c(F)ccc(-c2ccccn2)c1F. The summed E-state index contributed by atoms with van der Waals surface area (Å²) in [5, 5.41) is 8.72. The summed E-state index contributed by atoms with van der Waals surface area (Å²) < 4.78 is 27.0. The summed E-state index contributed by atoms with van der Waals surface area (Å²) in [7, 11) is 0. The number of carboxylic acid groups (broad SMARTS) is 1. The zero-order chi connectivity index (χ0) is 12.4. The minimum absolute atomic E-state index is 0.0376. The van der Waals surface area contributed by atoms with Crippen molar-refractivity contribution >= 4 is 5.97 Å². The van der Waals surface area contributed by atoms with Gasteiger partial charge in [-0.05, 0) is 24.3 Å². The number of pyridine rings is 1. The van der Waals surface area contributed by atoms with Crippen molar-refractivity contribution in [3.05, 3.63) is 53.7 Å². The van der Waals surface area contributed by atoms with Gasteiger partial charge in [0.15, 0.2) is 0 Å². The Bertz CT molecular complexity index is 570. The Hall–Kier alpha value is -2.30. The van der Waals surface area contributed by atoms with Gasteiger partial charge in [-0.15, -0.1) is 0 Å². The van der Waals surface area contributed by atoms with E-state index in [0.717, 1.165) is 6.07 Å². The average molecular weight is 235 g/mol. The Morgan fingerprint density at radius 3 is 2.53 bits per heavy atom. The van der Waals surface area contributed by atoms with Crippen LogP contribution in [0.25, 0.3) is 11.3 Å². The molecule has 1 N–H and O–H groups in total. The van der Waals surface area contributed by atoms with Gasteiger partial charge in [-0.1, -0.05) is 6.07 Å². The Morgan fingerprint density at radius 1 is 1.18 bits per heavy atom. The molecule has 0 spiro atoms. The minimum atomic E-state index is -1.64. The highest BCUT2D eigenvalue weighted by Gasteiger charge is 2.20. The lowest BCUT2D eigenvalue weighted by Crippen LogP contribution is -2.06. The number of hydrogen-bond donors (Lipinski definition) is 1. The Morgan fingerprint density at radius 2 is 1.94 bits per heavy atom. The second-order valence-corrected chi connectivity index (χ2v) is 3.30. The highest BCUT2D eigenvalue weighted by Crippen LogP contribution is 2.25. The normalized spacial score (nSPS) is 10.2. The summed E-state index contributed by atoms with van der Waals surface area (Å²) in [6.45, 7) is 0. The van der Waals surface area contributed by atoms with E-state index in [2.05, 4.69) is 4.98 Å². The van der Waals surface area contributed by atoms with Crippen LogP contribution in [0.1, 0.15) is 10.4 Å². The second-order valence-electron chi connectivity index (χ2n) is 3.30. The molecule has 0 aliphatic heterocycles. The molecule has 0 saturated carbocycles. The topological polar surface area (TPSA) is 50.2 Å². The maximum atomic E-state index is 13.8. The summed E-state index contributed by atoms with van der Waals surface area (Å²) in [6, 6.07) is 6.87. The van der Waals surface area contributed by atoms with Crippen LogP contribution < -0.4 is 0 Å². The number of nitrogens with zero attached hydrogens (tertiary/aromatic N) is 1. The van der Waals surface area contributed by atoms with Crippen LogP contribution in [0, 0.1) is 11.6 Å². The lowest BCUT2D eigenvalue weighted by atomic mass is 10.1. The summed E-state index contributed by atoms with van der Waals surface area (Å²) in [6.07, 6.45) is 1.44. The largest absolute Gasteiger partial charge is 0.477 e. The van der Waals surface area contributed by atoms with Crippen molar-refractivity contribution < 1.29 is 18.7 Å². The van der Waals surface area contributed by atoms with E-state index in [1.807, 2.05) is 0 Å². The van der Waals surface area contributed by atoms with Crippen LogP contribution in [0.2, 0.25) is 0 Å². The standard InChI is InChI=1S/C12H7F2NO2/c13-8-5-4-7(9-3-1-2-6-15-9)11(14)10(8)12(16)17/h1-6H,(H,16,17). The van der Waals surface area contributed by atoms with Gasteiger partial charge in [0.1, 0.15) is 17.2 Å². The minimum Gasteiger partial charge on any atom is -0.477 e. The van der Waals surface area contributed by atoms with Crippen molar-refractivity contribution in [3.8, 4) is 11.3 Å². The van der Waals surface area contributed by atoms with E-state index in [4.69, 9.17) is 5.11 Å². The number of rotatable bonds is 2. The molecule has 0 aliphatic carbocycles. The molecule has 0 atom stereocenters. The monoisotopic (exact) mass is 235 g/mol. The first kappa shape index (κ1) is 11.2. The van der Waals surface area contributed by atoms with Gasteiger partial charge in [-0.3, -0.25) is 4.98 Å². The van der Waals surface area contributed by atoms with Crippen LogP contribution in [0.4, 0.5) is 8.78 Å². The van der Waals surface area contributed by atoms with Gasteiger partial charge in [0.05, 0.1) is 5.69 Å². The molecule has 2 aromatic rings. The zero-order valence-corrected chi connectivity index (χ0v) is 8.52. The molecule has 0 bridgehead atoms. The molecule has 1 aromatic carbocycles. The van der Waals surface area contributed by atoms with E-state index in [9.17, 15) is 13.6 Å². The maximum Gasteiger partial charge on any atom is 0.341 e. The Kier molecular flexibility index (Phi) is 2.82. The first-order valence-electron chi connectivity index (χ1n) is 4.74. The summed E-state index contributed by atoms with van der Waals surface area (Å²) in [5.74, 6) is -3.86. The van der Waals surface area contributed by atoms with E-state index >= 15 is 0 Å². The molecule has 1 aromatic heterocycles. The van der Waals surface area contributed by atoms with Gasteiger partial charge >= 0.3 is 5.97 Å². The first-order chi connectivity index (χ1) is 8.11. The number of halogens is 2. The van der Waals surface area contributed by atoms with Gasteiger partial charge in [-0.25, -0.2) is 13.6 Å². The summed E-state index contributed by atoms with van der Waals surface area (Å²) in [4.78, 5) is 14.6. The van der Waals surface area contributed by atoms with Crippen molar-refractivity contribution in [3.63, 3.8) is 0 Å². The third kappa shape index (κ3) is 1.99. The average Bonchev–Trinajstić information content (AvgIpc) is 2.30. The quantitative estimate of drug-likeness (QED) is 0.870. The molecule has 5 heteroatoms. The zero-order valence-electron chi connectivity index (χ0n) is 8.52. The van der Waals surface area contributed by atoms with Crippen molar-refractivity contribution in [2.45, 2.75) is 0 Å². The predicted octanol–water partition coefficient (Wildman–Crippen LogP) is 2.73. The van der Waals surface area contributed by atoms with Gasteiger partial charge in [0.2, 0.25) is 0 Å². The number of carboxylic acids is 1. The fourth-order valence-electron chi connectivity index (χ4n) is 1.47. The fourth-order valence-corrected chi connectivity index (χ4v) is 1.47. The Balaban J connectivity index is 2.66. The number of aromatic carboxylic acids is 1. The molecule has 86 valence electrons. The fraction of sp³-hybridized carbons (Fsp3) is 0. The van der Waals surface area contributed by atoms with Crippen LogP contribution in [-0.4, -0.2) is 16.1 Å². The summed E-state index contributed by atoms with van der Waals surface area (Å²) >= 11 is 0. The van der Waals surface area contributed by atoms with Gasteiger partial charge < -0.3 is 5.11 Å². The van der Waals surface area contributed by atoms with Crippen LogP contribution in [-0.2, 0) is 0 Å². The maximum absolute atomic E-state index is 13.8. The van der Waals surface area contributed by atoms with Crippen LogP contribution in [0.15, 0.2) is 36.5 Å². The number of carbonyl (C=O) groups is 1. The summed E-state index contributed by atoms with van der Waals surface area (Å²) in [5.41, 5.74) is -0.745. The van der Waals surface area contributed by atoms with E-state index in [0.29, 0.717) is 0 Å². The smallest absolute Gasteiger partial charge is 0.341 e. The van der Waals surface area contributed by atoms with Crippen molar-refractivity contribution in [2.24, 2.45) is 0 Å². The van der Waals surface area contributed by atoms with E-state index < -0.39 is 23.2 Å². The van der Waals surface area contributed by atoms with Crippen LogP contribution >= 0.6 is 0 Å². The molecular weight excluding hydrogens is 228 g/mol. The molecule has 2 rings (SSSR count). The van der Waals surface area contributed by atoms with Crippen LogP contribution in [0.3, 0.4) is 0 Å². The van der Waals surface area contributed by atoms with Gasteiger partial charge in [0.25, 0.3) is 0 Å². The number of benzene rings is 1. The van der Waals surface area contributed by atoms with Crippen molar-refractivity contribution in [1.82, 2.24) is 4.98 Å².